The number of hydrogen-bond donors (Lipinski definition) is 13. The van der Waals surface area contributed by atoms with E-state index in [1.54, 1.807) is 0 Å². The van der Waals surface area contributed by atoms with Crippen molar-refractivity contribution in [2.24, 2.45) is 28.9 Å². The van der Waals surface area contributed by atoms with Gasteiger partial charge in [-0.2, -0.15) is 0 Å². The van der Waals surface area contributed by atoms with Crippen molar-refractivity contribution in [2.75, 3.05) is 26.3 Å². The molecule has 16 atom stereocenters. The van der Waals surface area contributed by atoms with Gasteiger partial charge in [-0.05, 0) is 19.3 Å². The summed E-state index contributed by atoms with van der Waals surface area (Å²) in [5.41, 5.74) is 22.9. The van der Waals surface area contributed by atoms with Gasteiger partial charge in [0.2, 0.25) is 0 Å². The topological polar surface area (TPSA) is 315 Å². The molecule has 4 aliphatic rings. The first-order valence-electron chi connectivity index (χ1n) is 14.5. The maximum absolute atomic E-state index is 12.9. The van der Waals surface area contributed by atoms with Gasteiger partial charge < -0.3 is 83.5 Å². The zero-order valence-electron chi connectivity index (χ0n) is 23.4. The van der Waals surface area contributed by atoms with Gasteiger partial charge in [-0.15, -0.1) is 0 Å². The normalized spacial score (nSPS) is 48.5. The van der Waals surface area contributed by atoms with E-state index in [1.165, 1.54) is 0 Å². The Labute approximate surface area is 243 Å². The van der Waals surface area contributed by atoms with Gasteiger partial charge in [0.25, 0.3) is 5.91 Å². The molecule has 42 heavy (non-hydrogen) atoms. The smallest absolute Gasteiger partial charge is 0.253 e. The summed E-state index contributed by atoms with van der Waals surface area (Å²) >= 11 is 0. The Morgan fingerprint density at radius 3 is 2.33 bits per heavy atom. The second-order valence-corrected chi connectivity index (χ2v) is 12.1. The number of carbonyl (C=O) groups excluding carboxylic acids is 1. The number of hydrogen-bond acceptors (Lipinski definition) is 16. The number of ether oxygens (including phenoxy) is 3. The Bertz CT molecular complexity index is 909. The van der Waals surface area contributed by atoms with Crippen LogP contribution in [0.2, 0.25) is 0 Å². The molecule has 17 heteroatoms. The van der Waals surface area contributed by atoms with E-state index in [0.717, 1.165) is 0 Å². The van der Waals surface area contributed by atoms with Crippen molar-refractivity contribution in [3.8, 4) is 0 Å². The largest absolute Gasteiger partial charge is 0.394 e. The van der Waals surface area contributed by atoms with Crippen molar-refractivity contribution < 1.29 is 54.8 Å². The van der Waals surface area contributed by atoms with E-state index in [0.29, 0.717) is 19.4 Å². The molecule has 0 radical (unpaired) electrons. The highest BCUT2D eigenvalue weighted by Crippen LogP contribution is 2.38. The van der Waals surface area contributed by atoms with Crippen LogP contribution in [-0.2, 0) is 19.0 Å². The predicted octanol–water partition coefficient (Wildman–Crippen LogP) is -7.39. The summed E-state index contributed by atoms with van der Waals surface area (Å²) in [7, 11) is 0. The molecule has 2 aliphatic carbocycles. The fraction of sp³-hybridized carbons (Fsp3) is 0.960. The fourth-order valence-corrected chi connectivity index (χ4v) is 6.20. The zero-order chi connectivity index (χ0) is 30.9. The third kappa shape index (κ3) is 7.06. The van der Waals surface area contributed by atoms with Crippen molar-refractivity contribution >= 4 is 5.91 Å². The SMILES string of the molecule is NC1CCC(CNCC(O)CO)OC1C1C(N)CC(NC(=O)C2(O)CC2N)C(OC2OC(CO)C(O)C(N)C2O)C1O. The molecule has 4 fully saturated rings. The number of carbonyl (C=O) groups is 1. The Balaban J connectivity index is 1.53. The third-order valence-electron chi connectivity index (χ3n) is 9.01. The summed E-state index contributed by atoms with van der Waals surface area (Å²) in [6.45, 7) is -0.509. The highest BCUT2D eigenvalue weighted by molar-refractivity contribution is 5.89. The number of aliphatic hydroxyl groups excluding tert-OH is 6. The Kier molecular flexibility index (Phi) is 11.2. The van der Waals surface area contributed by atoms with Crippen LogP contribution in [0.1, 0.15) is 25.7 Å². The van der Waals surface area contributed by atoms with Gasteiger partial charge in [0.05, 0.1) is 49.7 Å². The molecule has 17 nitrogen and oxygen atoms in total. The second-order valence-electron chi connectivity index (χ2n) is 12.1. The number of aliphatic hydroxyl groups is 7. The van der Waals surface area contributed by atoms with Crippen molar-refractivity contribution in [3.05, 3.63) is 0 Å². The molecule has 244 valence electrons. The van der Waals surface area contributed by atoms with Crippen molar-refractivity contribution in [2.45, 2.75) is 117 Å². The van der Waals surface area contributed by atoms with Crippen molar-refractivity contribution in [1.82, 2.24) is 10.6 Å². The Morgan fingerprint density at radius 2 is 1.71 bits per heavy atom. The number of nitrogens with two attached hydrogens (primary N) is 4. The highest BCUT2D eigenvalue weighted by atomic mass is 16.7. The first kappa shape index (κ1) is 33.8. The molecular formula is C25H48N6O11. The van der Waals surface area contributed by atoms with Crippen LogP contribution in [0.25, 0.3) is 0 Å². The Morgan fingerprint density at radius 1 is 1.02 bits per heavy atom. The molecule has 4 rings (SSSR count). The summed E-state index contributed by atoms with van der Waals surface area (Å²) in [6.07, 6.45) is -9.08. The van der Waals surface area contributed by atoms with Crippen molar-refractivity contribution in [1.29, 1.82) is 0 Å². The van der Waals surface area contributed by atoms with E-state index in [9.17, 15) is 35.4 Å². The van der Waals surface area contributed by atoms with Crippen LogP contribution >= 0.6 is 0 Å². The van der Waals surface area contributed by atoms with Crippen LogP contribution in [-0.4, -0.2) is 159 Å². The molecule has 0 aromatic carbocycles. The highest BCUT2D eigenvalue weighted by Gasteiger charge is 2.59. The van der Waals surface area contributed by atoms with Gasteiger partial charge in [0, 0.05) is 43.6 Å². The van der Waals surface area contributed by atoms with E-state index < -0.39 is 103 Å². The van der Waals surface area contributed by atoms with Gasteiger partial charge in [-0.3, -0.25) is 4.79 Å². The van der Waals surface area contributed by atoms with E-state index in [1.807, 2.05) is 0 Å². The van der Waals surface area contributed by atoms with Crippen LogP contribution in [0.5, 0.6) is 0 Å². The van der Waals surface area contributed by atoms with E-state index >= 15 is 0 Å². The lowest BCUT2D eigenvalue weighted by Crippen LogP contribution is -2.69. The van der Waals surface area contributed by atoms with Gasteiger partial charge in [0.1, 0.15) is 24.4 Å². The number of amides is 1. The summed E-state index contributed by atoms with van der Waals surface area (Å²) in [6, 6.07) is -4.23. The Hall–Kier alpha value is -1.13. The standard InChI is InChI=1S/C25H48N6O11/c26-11-2-1-10(6-30-5-9(34)7-32)40-21(11)16-12(27)3-13(31-24(38)25(39)4-15(25)28)22(19(16)36)42-23-20(37)17(29)18(35)14(8-33)41-23/h9-23,30,32-37,39H,1-8,26-29H2,(H,31,38). The maximum Gasteiger partial charge on any atom is 0.253 e. The molecule has 17 N–H and O–H groups in total. The van der Waals surface area contributed by atoms with Crippen molar-refractivity contribution in [3.63, 3.8) is 0 Å². The summed E-state index contributed by atoms with van der Waals surface area (Å²) in [4.78, 5) is 12.9. The van der Waals surface area contributed by atoms with Gasteiger partial charge in [0.15, 0.2) is 11.9 Å². The molecule has 2 heterocycles. The lowest BCUT2D eigenvalue weighted by atomic mass is 9.72. The first-order valence-corrected chi connectivity index (χ1v) is 14.5. The molecule has 2 saturated carbocycles. The van der Waals surface area contributed by atoms with E-state index in [4.69, 9.17) is 42.3 Å². The van der Waals surface area contributed by atoms with Gasteiger partial charge >= 0.3 is 0 Å². The van der Waals surface area contributed by atoms with Gasteiger partial charge in [-0.25, -0.2) is 0 Å². The molecule has 0 aromatic rings. The van der Waals surface area contributed by atoms with E-state index in [-0.39, 0.29) is 32.1 Å². The molecular weight excluding hydrogens is 560 g/mol. The van der Waals surface area contributed by atoms with Crippen LogP contribution in [0, 0.1) is 5.92 Å². The number of rotatable bonds is 11. The third-order valence-corrected chi connectivity index (χ3v) is 9.01. The predicted molar refractivity (Wildman–Crippen MR) is 144 cm³/mol. The minimum absolute atomic E-state index is 0.0548. The quantitative estimate of drug-likeness (QED) is 0.104. The minimum atomic E-state index is -1.77. The minimum Gasteiger partial charge on any atom is -0.394 e. The van der Waals surface area contributed by atoms with Crippen LogP contribution in [0.4, 0.5) is 0 Å². The maximum atomic E-state index is 12.9. The number of nitrogens with one attached hydrogen (secondary N) is 2. The first-order chi connectivity index (χ1) is 19.8. The van der Waals surface area contributed by atoms with Crippen LogP contribution in [0.15, 0.2) is 0 Å². The summed E-state index contributed by atoms with van der Waals surface area (Å²) in [5, 5.41) is 77.1. The molecule has 1 amide bonds. The zero-order valence-corrected chi connectivity index (χ0v) is 23.4. The fourth-order valence-electron chi connectivity index (χ4n) is 6.20. The summed E-state index contributed by atoms with van der Waals surface area (Å²) < 4.78 is 17.9. The van der Waals surface area contributed by atoms with Gasteiger partial charge in [-0.1, -0.05) is 0 Å². The van der Waals surface area contributed by atoms with E-state index in [2.05, 4.69) is 10.6 Å². The average Bonchev–Trinajstić information content (AvgIpc) is 3.58. The van der Waals surface area contributed by atoms with Crippen LogP contribution < -0.4 is 33.6 Å². The molecule has 2 aliphatic heterocycles. The van der Waals surface area contributed by atoms with Crippen LogP contribution in [0.3, 0.4) is 0 Å². The second kappa shape index (κ2) is 13.9. The molecule has 2 saturated heterocycles. The molecule has 0 aromatic heterocycles. The lowest BCUT2D eigenvalue weighted by Gasteiger charge is -2.51. The monoisotopic (exact) mass is 608 g/mol. The average molecular weight is 609 g/mol. The lowest BCUT2D eigenvalue weighted by molar-refractivity contribution is -0.306. The molecule has 0 bridgehead atoms. The molecule has 16 unspecified atom stereocenters. The molecule has 0 spiro atoms. The summed E-state index contributed by atoms with van der Waals surface area (Å²) in [5.74, 6) is -1.57.